The number of nitrogens with zero attached hydrogens (tertiary/aromatic N) is 1. The third-order valence-corrected chi connectivity index (χ3v) is 3.78. The van der Waals surface area contributed by atoms with E-state index in [1.54, 1.807) is 6.92 Å². The van der Waals surface area contributed by atoms with Crippen LogP contribution in [-0.2, 0) is 26.9 Å². The van der Waals surface area contributed by atoms with E-state index in [0.717, 1.165) is 0 Å². The highest BCUT2D eigenvalue weighted by Crippen LogP contribution is 2.38. The number of aromatic nitrogens is 1. The van der Waals surface area contributed by atoms with E-state index >= 15 is 0 Å². The molecule has 23 heavy (non-hydrogen) atoms. The number of aryl methyl sites for hydroxylation is 1. The molecule has 0 unspecified atom stereocenters. The fourth-order valence-electron chi connectivity index (χ4n) is 2.02. The van der Waals surface area contributed by atoms with Crippen LogP contribution in [0.2, 0.25) is 0 Å². The normalized spacial score (nSPS) is 13.0. The maximum atomic E-state index is 10.8. The molecule has 6 N–H and O–H groups in total. The van der Waals surface area contributed by atoms with Gasteiger partial charge in [-0.1, -0.05) is 0 Å². The minimum absolute atomic E-state index is 0.0449. The maximum Gasteiger partial charge on any atom is 0.469 e. The van der Waals surface area contributed by atoms with Crippen LogP contribution in [0.15, 0.2) is 6.20 Å². The molecule has 9 nitrogen and oxygen atoms in total. The lowest BCUT2D eigenvalue weighted by atomic mass is 9.98. The Morgan fingerprint density at radius 3 is 2.65 bits per heavy atom. The summed E-state index contributed by atoms with van der Waals surface area (Å²) in [6, 6.07) is -0.366. The highest BCUT2D eigenvalue weighted by Gasteiger charge is 2.18. The van der Waals surface area contributed by atoms with E-state index < -0.39 is 20.4 Å². The Bertz CT molecular complexity index is 602. The van der Waals surface area contributed by atoms with Crippen LogP contribution in [0.4, 0.5) is 0 Å². The Morgan fingerprint density at radius 2 is 2.09 bits per heavy atom. The smallest absolute Gasteiger partial charge is 0.469 e. The fourth-order valence-corrected chi connectivity index (χ4v) is 2.33. The highest BCUT2D eigenvalue weighted by molar-refractivity contribution is 7.46. The van der Waals surface area contributed by atoms with E-state index in [2.05, 4.69) is 9.51 Å². The standard InChI is InChI=1S/C13H21N2O7P/c1-8-13(18)11(4-2-10(14)3-5-12(16)17)9(6-15-8)7-22-23(19,20)21/h6,10,18H,2-5,7,14H2,1H3,(H,16,17)(H2,19,20,21)/t10-/m1/s1. The number of nitrogens with two attached hydrogens (primary N) is 1. The van der Waals surface area contributed by atoms with Gasteiger partial charge in [0, 0.05) is 29.8 Å². The molecule has 130 valence electrons. The number of hydrogen-bond donors (Lipinski definition) is 5. The number of phosphoric acid groups is 1. The molecule has 0 fully saturated rings. The van der Waals surface area contributed by atoms with E-state index in [9.17, 15) is 14.5 Å². The number of carboxylic acid groups (broad SMARTS) is 1. The van der Waals surface area contributed by atoms with Crippen molar-refractivity contribution in [3.8, 4) is 5.75 Å². The molecule has 0 saturated carbocycles. The van der Waals surface area contributed by atoms with Crippen LogP contribution in [0.1, 0.15) is 36.1 Å². The van der Waals surface area contributed by atoms with Crippen molar-refractivity contribution < 1.29 is 33.9 Å². The molecule has 0 radical (unpaired) electrons. The second kappa shape index (κ2) is 8.37. The van der Waals surface area contributed by atoms with Crippen LogP contribution in [0.3, 0.4) is 0 Å². The van der Waals surface area contributed by atoms with Gasteiger partial charge < -0.3 is 25.7 Å². The Morgan fingerprint density at radius 1 is 1.43 bits per heavy atom. The minimum Gasteiger partial charge on any atom is -0.506 e. The molecule has 1 aromatic rings. The molecule has 0 aliphatic carbocycles. The zero-order chi connectivity index (χ0) is 17.6. The van der Waals surface area contributed by atoms with Gasteiger partial charge in [0.05, 0.1) is 12.3 Å². The quantitative estimate of drug-likeness (QED) is 0.407. The van der Waals surface area contributed by atoms with Crippen LogP contribution in [0, 0.1) is 6.92 Å². The van der Waals surface area contributed by atoms with Crippen molar-refractivity contribution in [1.29, 1.82) is 0 Å². The van der Waals surface area contributed by atoms with Gasteiger partial charge >= 0.3 is 13.8 Å². The molecule has 0 aromatic carbocycles. The average Bonchev–Trinajstić information content (AvgIpc) is 2.44. The second-order valence-corrected chi connectivity index (χ2v) is 6.43. The van der Waals surface area contributed by atoms with E-state index in [-0.39, 0.29) is 18.2 Å². The lowest BCUT2D eigenvalue weighted by Gasteiger charge is -2.15. The van der Waals surface area contributed by atoms with Gasteiger partial charge in [-0.2, -0.15) is 0 Å². The molecule has 0 bridgehead atoms. The molecule has 10 heteroatoms. The van der Waals surface area contributed by atoms with Crippen molar-refractivity contribution in [2.24, 2.45) is 5.73 Å². The van der Waals surface area contributed by atoms with Gasteiger partial charge in [0.15, 0.2) is 0 Å². The average molecular weight is 348 g/mol. The third kappa shape index (κ3) is 7.06. The third-order valence-electron chi connectivity index (χ3n) is 3.31. The fraction of sp³-hybridized carbons (Fsp3) is 0.538. The summed E-state index contributed by atoms with van der Waals surface area (Å²) < 4.78 is 15.2. The summed E-state index contributed by atoms with van der Waals surface area (Å²) in [5.74, 6) is -1.01. The predicted octanol–water partition coefficient (Wildman–Crippen LogP) is 0.830. The molecule has 0 spiro atoms. The first-order chi connectivity index (χ1) is 10.6. The zero-order valence-corrected chi connectivity index (χ0v) is 13.6. The van der Waals surface area contributed by atoms with Gasteiger partial charge in [-0.05, 0) is 26.2 Å². The van der Waals surface area contributed by atoms with Crippen molar-refractivity contribution in [3.63, 3.8) is 0 Å². The Labute approximate surface area is 133 Å². The predicted molar refractivity (Wildman–Crippen MR) is 80.6 cm³/mol. The maximum absolute atomic E-state index is 10.8. The zero-order valence-electron chi connectivity index (χ0n) is 12.7. The first-order valence-electron chi connectivity index (χ1n) is 6.94. The Kier molecular flexibility index (Phi) is 7.11. The van der Waals surface area contributed by atoms with Crippen LogP contribution in [-0.4, -0.2) is 37.0 Å². The second-order valence-electron chi connectivity index (χ2n) is 5.19. The van der Waals surface area contributed by atoms with E-state index in [1.165, 1.54) is 6.20 Å². The summed E-state index contributed by atoms with van der Waals surface area (Å²) in [6.07, 6.45) is 2.36. The highest BCUT2D eigenvalue weighted by atomic mass is 31.2. The topological polar surface area (TPSA) is 163 Å². The number of aliphatic carboxylic acids is 1. The monoisotopic (exact) mass is 348 g/mol. The van der Waals surface area contributed by atoms with Gasteiger partial charge in [0.2, 0.25) is 0 Å². The van der Waals surface area contributed by atoms with E-state index in [4.69, 9.17) is 20.6 Å². The molecule has 1 heterocycles. The molecule has 1 aromatic heterocycles. The summed E-state index contributed by atoms with van der Waals surface area (Å²) in [5, 5.41) is 18.7. The van der Waals surface area contributed by atoms with Crippen LogP contribution in [0.25, 0.3) is 0 Å². The molecule has 0 saturated heterocycles. The van der Waals surface area contributed by atoms with E-state index in [0.29, 0.717) is 36.1 Å². The summed E-state index contributed by atoms with van der Waals surface area (Å²) in [7, 11) is -4.64. The van der Waals surface area contributed by atoms with Crippen LogP contribution < -0.4 is 5.73 Å². The minimum atomic E-state index is -4.64. The SMILES string of the molecule is Cc1ncc(COP(=O)(O)O)c(CC[C@@H](N)CCC(=O)O)c1O. The lowest BCUT2D eigenvalue weighted by molar-refractivity contribution is -0.137. The van der Waals surface area contributed by atoms with Crippen LogP contribution in [0.5, 0.6) is 5.75 Å². The lowest BCUT2D eigenvalue weighted by Crippen LogP contribution is -2.22. The number of pyridine rings is 1. The summed E-state index contributed by atoms with van der Waals surface area (Å²) in [5.41, 5.74) is 7.00. The van der Waals surface area contributed by atoms with Gasteiger partial charge in [-0.15, -0.1) is 0 Å². The molecule has 0 amide bonds. The van der Waals surface area contributed by atoms with Gasteiger partial charge in [-0.3, -0.25) is 14.3 Å². The number of aromatic hydroxyl groups is 1. The molecule has 1 atom stereocenters. The van der Waals surface area contributed by atoms with Gasteiger partial charge in [-0.25, -0.2) is 4.57 Å². The summed E-state index contributed by atoms with van der Waals surface area (Å²) >= 11 is 0. The Hall–Kier alpha value is -1.51. The Balaban J connectivity index is 2.80. The van der Waals surface area contributed by atoms with Crippen molar-refractivity contribution in [3.05, 3.63) is 23.0 Å². The molecular formula is C13H21N2O7P. The van der Waals surface area contributed by atoms with Crippen molar-refractivity contribution in [1.82, 2.24) is 4.98 Å². The largest absolute Gasteiger partial charge is 0.506 e. The van der Waals surface area contributed by atoms with Gasteiger partial charge in [0.1, 0.15) is 5.75 Å². The van der Waals surface area contributed by atoms with Crippen molar-refractivity contribution >= 4 is 13.8 Å². The summed E-state index contributed by atoms with van der Waals surface area (Å²) in [4.78, 5) is 32.0. The number of phosphoric ester groups is 1. The molecule has 0 aliphatic heterocycles. The number of hydrogen-bond acceptors (Lipinski definition) is 6. The first-order valence-corrected chi connectivity index (χ1v) is 8.47. The van der Waals surface area contributed by atoms with Crippen LogP contribution >= 0.6 is 7.82 Å². The molecule has 1 rings (SSSR count). The number of carbonyl (C=O) groups is 1. The first kappa shape index (κ1) is 19.5. The van der Waals surface area contributed by atoms with Crippen molar-refractivity contribution in [2.75, 3.05) is 0 Å². The van der Waals surface area contributed by atoms with Crippen molar-refractivity contribution in [2.45, 2.75) is 45.3 Å². The van der Waals surface area contributed by atoms with E-state index in [1.807, 2.05) is 0 Å². The number of rotatable bonds is 9. The number of carboxylic acids is 1. The molecular weight excluding hydrogens is 327 g/mol. The van der Waals surface area contributed by atoms with Gasteiger partial charge in [0.25, 0.3) is 0 Å². The molecule has 0 aliphatic rings. The summed E-state index contributed by atoms with van der Waals surface area (Å²) in [6.45, 7) is 1.20.